The summed E-state index contributed by atoms with van der Waals surface area (Å²) in [6.07, 6.45) is 2.84. The van der Waals surface area contributed by atoms with Crippen LogP contribution in [0.15, 0.2) is 22.1 Å². The summed E-state index contributed by atoms with van der Waals surface area (Å²) in [5, 5.41) is 6.70. The lowest BCUT2D eigenvalue weighted by molar-refractivity contribution is 0.490. The predicted octanol–water partition coefficient (Wildman–Crippen LogP) is 3.25. The molecule has 0 aromatic carbocycles. The van der Waals surface area contributed by atoms with E-state index >= 15 is 0 Å². The van der Waals surface area contributed by atoms with Gasteiger partial charge in [-0.3, -0.25) is 0 Å². The second-order valence-electron chi connectivity index (χ2n) is 4.22. The van der Waals surface area contributed by atoms with Crippen molar-refractivity contribution in [2.45, 2.75) is 33.2 Å². The highest BCUT2D eigenvalue weighted by Gasteiger charge is 2.11. The van der Waals surface area contributed by atoms with Gasteiger partial charge in [-0.25, -0.2) is 4.98 Å². The Kier molecular flexibility index (Phi) is 3.97. The van der Waals surface area contributed by atoms with Crippen LogP contribution in [-0.4, -0.2) is 11.5 Å². The predicted molar refractivity (Wildman–Crippen MR) is 70.4 cm³/mol. The lowest BCUT2D eigenvalue weighted by atomic mass is 10.1. The summed E-state index contributed by atoms with van der Waals surface area (Å²) in [4.78, 5) is 4.27. The second kappa shape index (κ2) is 5.47. The van der Waals surface area contributed by atoms with Gasteiger partial charge in [0, 0.05) is 36.1 Å². The molecule has 0 fully saturated rings. The van der Waals surface area contributed by atoms with Crippen LogP contribution in [0.2, 0.25) is 0 Å². The van der Waals surface area contributed by atoms with Crippen molar-refractivity contribution >= 4 is 11.3 Å². The average molecular weight is 250 g/mol. The Morgan fingerprint density at radius 3 is 2.88 bits per heavy atom. The molecule has 2 aromatic rings. The summed E-state index contributed by atoms with van der Waals surface area (Å²) in [7, 11) is 0. The van der Waals surface area contributed by atoms with Crippen LogP contribution < -0.4 is 5.32 Å². The number of furan rings is 1. The van der Waals surface area contributed by atoms with Crippen molar-refractivity contribution < 1.29 is 4.42 Å². The fraction of sp³-hybridized carbons (Fsp3) is 0.462. The van der Waals surface area contributed by atoms with Crippen molar-refractivity contribution in [1.82, 2.24) is 10.3 Å². The third-order valence-corrected chi connectivity index (χ3v) is 3.66. The Balaban J connectivity index is 1.85. The van der Waals surface area contributed by atoms with Gasteiger partial charge in [0.05, 0.1) is 5.01 Å². The van der Waals surface area contributed by atoms with Gasteiger partial charge >= 0.3 is 0 Å². The summed E-state index contributed by atoms with van der Waals surface area (Å²) in [5.41, 5.74) is 1.25. The Hall–Kier alpha value is -1.13. The Labute approximate surface area is 106 Å². The van der Waals surface area contributed by atoms with E-state index in [4.69, 9.17) is 4.42 Å². The van der Waals surface area contributed by atoms with Crippen LogP contribution >= 0.6 is 11.3 Å². The molecule has 4 heteroatoms. The molecule has 1 unspecified atom stereocenters. The van der Waals surface area contributed by atoms with E-state index < -0.39 is 0 Å². The van der Waals surface area contributed by atoms with Crippen LogP contribution in [0.25, 0.3) is 0 Å². The zero-order valence-electron chi connectivity index (χ0n) is 10.5. The normalized spacial score (nSPS) is 12.9. The summed E-state index contributed by atoms with van der Waals surface area (Å²) in [6, 6.07) is 2.43. The number of nitrogens with one attached hydrogen (secondary N) is 1. The highest BCUT2D eigenvalue weighted by atomic mass is 32.1. The van der Waals surface area contributed by atoms with Gasteiger partial charge in [-0.2, -0.15) is 0 Å². The van der Waals surface area contributed by atoms with Gasteiger partial charge in [0.2, 0.25) is 0 Å². The topological polar surface area (TPSA) is 38.1 Å². The van der Waals surface area contributed by atoms with E-state index in [1.807, 2.05) is 25.4 Å². The van der Waals surface area contributed by atoms with Crippen molar-refractivity contribution in [3.63, 3.8) is 0 Å². The van der Waals surface area contributed by atoms with Crippen LogP contribution in [-0.2, 0) is 6.42 Å². The molecule has 1 N–H and O–H groups in total. The second-order valence-corrected chi connectivity index (χ2v) is 5.20. The standard InChI is InChI=1S/C13H18N2OS/c1-9-8-12(11(3)16-9)10(2)14-5-4-13-15-6-7-17-13/h6-8,10,14H,4-5H2,1-3H3. The number of rotatable bonds is 5. The maximum absolute atomic E-state index is 5.54. The number of thiazole rings is 1. The van der Waals surface area contributed by atoms with Gasteiger partial charge in [0.25, 0.3) is 0 Å². The lowest BCUT2D eigenvalue weighted by Crippen LogP contribution is -2.21. The van der Waals surface area contributed by atoms with Crippen LogP contribution in [0.1, 0.15) is 35.1 Å². The molecule has 17 heavy (non-hydrogen) atoms. The van der Waals surface area contributed by atoms with Gasteiger partial charge < -0.3 is 9.73 Å². The maximum atomic E-state index is 5.54. The van der Waals surface area contributed by atoms with Crippen LogP contribution in [0, 0.1) is 13.8 Å². The summed E-state index contributed by atoms with van der Waals surface area (Å²) in [5.74, 6) is 1.99. The molecule has 0 saturated heterocycles. The zero-order valence-corrected chi connectivity index (χ0v) is 11.3. The minimum Gasteiger partial charge on any atom is -0.466 e. The van der Waals surface area contributed by atoms with Gasteiger partial charge in [-0.1, -0.05) is 0 Å². The van der Waals surface area contributed by atoms with Gasteiger partial charge in [-0.15, -0.1) is 11.3 Å². The molecular formula is C13H18N2OS. The summed E-state index contributed by atoms with van der Waals surface area (Å²) in [6.45, 7) is 7.11. The monoisotopic (exact) mass is 250 g/mol. The number of nitrogens with zero attached hydrogens (tertiary/aromatic N) is 1. The molecule has 2 aromatic heterocycles. The van der Waals surface area contributed by atoms with Gasteiger partial charge in [-0.05, 0) is 26.8 Å². The SMILES string of the molecule is Cc1cc(C(C)NCCc2nccs2)c(C)o1. The molecule has 0 aliphatic rings. The molecule has 0 aliphatic heterocycles. The molecule has 0 aliphatic carbocycles. The first-order chi connectivity index (χ1) is 8.16. The van der Waals surface area contributed by atoms with Crippen molar-refractivity contribution in [3.8, 4) is 0 Å². The summed E-state index contributed by atoms with van der Waals surface area (Å²) < 4.78 is 5.54. The molecule has 0 spiro atoms. The van der Waals surface area contributed by atoms with Crippen molar-refractivity contribution in [1.29, 1.82) is 0 Å². The largest absolute Gasteiger partial charge is 0.466 e. The molecule has 0 amide bonds. The van der Waals surface area contributed by atoms with E-state index in [1.165, 1.54) is 10.6 Å². The van der Waals surface area contributed by atoms with Gasteiger partial charge in [0.15, 0.2) is 0 Å². The van der Waals surface area contributed by atoms with Gasteiger partial charge in [0.1, 0.15) is 11.5 Å². The highest BCUT2D eigenvalue weighted by Crippen LogP contribution is 2.21. The van der Waals surface area contributed by atoms with Crippen molar-refractivity contribution in [3.05, 3.63) is 39.7 Å². The number of hydrogen-bond donors (Lipinski definition) is 1. The smallest absolute Gasteiger partial charge is 0.105 e. The molecule has 0 radical (unpaired) electrons. The van der Waals surface area contributed by atoms with Crippen molar-refractivity contribution in [2.75, 3.05) is 6.54 Å². The van der Waals surface area contributed by atoms with Crippen LogP contribution in [0.3, 0.4) is 0 Å². The molecule has 2 rings (SSSR count). The Morgan fingerprint density at radius 2 is 2.29 bits per heavy atom. The van der Waals surface area contributed by atoms with Crippen LogP contribution in [0.5, 0.6) is 0 Å². The minimum absolute atomic E-state index is 0.326. The quantitative estimate of drug-likeness (QED) is 0.885. The lowest BCUT2D eigenvalue weighted by Gasteiger charge is -2.12. The zero-order chi connectivity index (χ0) is 12.3. The molecule has 1 atom stereocenters. The Bertz CT molecular complexity index is 462. The fourth-order valence-electron chi connectivity index (χ4n) is 1.96. The highest BCUT2D eigenvalue weighted by molar-refractivity contribution is 7.09. The maximum Gasteiger partial charge on any atom is 0.105 e. The first-order valence-electron chi connectivity index (χ1n) is 5.85. The molecule has 0 bridgehead atoms. The third kappa shape index (κ3) is 3.17. The summed E-state index contributed by atoms with van der Waals surface area (Å²) >= 11 is 1.71. The number of aryl methyl sites for hydroxylation is 2. The fourth-order valence-corrected chi connectivity index (χ4v) is 2.58. The minimum atomic E-state index is 0.326. The molecule has 92 valence electrons. The van der Waals surface area contributed by atoms with E-state index in [-0.39, 0.29) is 0 Å². The Morgan fingerprint density at radius 1 is 1.47 bits per heavy atom. The van der Waals surface area contributed by atoms with Crippen LogP contribution in [0.4, 0.5) is 0 Å². The molecule has 3 nitrogen and oxygen atoms in total. The average Bonchev–Trinajstić information content (AvgIpc) is 2.88. The molecule has 2 heterocycles. The van der Waals surface area contributed by atoms with E-state index in [1.54, 1.807) is 11.3 Å². The molecular weight excluding hydrogens is 232 g/mol. The van der Waals surface area contributed by atoms with Crippen molar-refractivity contribution in [2.24, 2.45) is 0 Å². The number of aromatic nitrogens is 1. The van der Waals surface area contributed by atoms with E-state index in [0.717, 1.165) is 24.5 Å². The first-order valence-corrected chi connectivity index (χ1v) is 6.73. The van der Waals surface area contributed by atoms with E-state index in [9.17, 15) is 0 Å². The third-order valence-electron chi connectivity index (χ3n) is 2.82. The van der Waals surface area contributed by atoms with E-state index in [2.05, 4.69) is 23.3 Å². The van der Waals surface area contributed by atoms with E-state index in [0.29, 0.717) is 6.04 Å². The first kappa shape index (κ1) is 12.3. The number of hydrogen-bond acceptors (Lipinski definition) is 4. The molecule has 0 saturated carbocycles.